The predicted octanol–water partition coefficient (Wildman–Crippen LogP) is 2.98. The van der Waals surface area contributed by atoms with E-state index in [1.807, 2.05) is 6.92 Å². The van der Waals surface area contributed by atoms with Gasteiger partial charge in [0.1, 0.15) is 0 Å². The average Bonchev–Trinajstić information content (AvgIpc) is 1.99. The van der Waals surface area contributed by atoms with Crippen LogP contribution < -0.4 is 0 Å². The lowest BCUT2D eigenvalue weighted by molar-refractivity contribution is -0.171. The van der Waals surface area contributed by atoms with E-state index in [9.17, 15) is 13.2 Å². The molecule has 0 saturated heterocycles. The number of rotatable bonds is 5. The number of hydrogen-bond acceptors (Lipinski definition) is 1. The zero-order valence-corrected chi connectivity index (χ0v) is 8.06. The molecule has 2 atom stereocenters. The molecule has 0 spiro atoms. The van der Waals surface area contributed by atoms with Crippen LogP contribution in [0.15, 0.2) is 0 Å². The van der Waals surface area contributed by atoms with Crippen molar-refractivity contribution in [2.45, 2.75) is 39.3 Å². The quantitative estimate of drug-likeness (QED) is 0.720. The molecule has 4 heteroatoms. The lowest BCUT2D eigenvalue weighted by Gasteiger charge is -2.17. The summed E-state index contributed by atoms with van der Waals surface area (Å²) in [7, 11) is 0. The van der Waals surface area contributed by atoms with Crippen LogP contribution in [0, 0.1) is 11.8 Å². The molecule has 0 heterocycles. The highest BCUT2D eigenvalue weighted by Gasteiger charge is 2.35. The van der Waals surface area contributed by atoms with Gasteiger partial charge in [0.2, 0.25) is 0 Å². The second-order valence-electron chi connectivity index (χ2n) is 3.64. The van der Waals surface area contributed by atoms with Gasteiger partial charge in [-0.25, -0.2) is 0 Å². The Hall–Kier alpha value is -0.250. The summed E-state index contributed by atoms with van der Waals surface area (Å²) in [6, 6.07) is 0. The molecule has 1 nitrogen and oxygen atoms in total. The Labute approximate surface area is 76.9 Å². The second kappa shape index (κ2) is 5.47. The molecule has 0 aliphatic carbocycles. The normalized spacial score (nSPS) is 17.1. The molecule has 0 amide bonds. The van der Waals surface area contributed by atoms with E-state index in [-0.39, 0.29) is 18.9 Å². The lowest BCUT2D eigenvalue weighted by atomic mass is 9.96. The zero-order valence-electron chi connectivity index (χ0n) is 8.06. The van der Waals surface area contributed by atoms with E-state index >= 15 is 0 Å². The Bertz CT molecular complexity index is 133. The van der Waals surface area contributed by atoms with Crippen LogP contribution in [0.3, 0.4) is 0 Å². The van der Waals surface area contributed by atoms with E-state index in [0.29, 0.717) is 12.8 Å². The van der Waals surface area contributed by atoms with Gasteiger partial charge >= 0.3 is 6.18 Å². The van der Waals surface area contributed by atoms with Crippen molar-refractivity contribution < 1.29 is 18.3 Å². The molecular weight excluding hydrogens is 181 g/mol. The summed E-state index contributed by atoms with van der Waals surface area (Å²) in [4.78, 5) is 0. The van der Waals surface area contributed by atoms with Gasteiger partial charge in [0.15, 0.2) is 0 Å². The number of aliphatic hydroxyl groups excluding tert-OH is 1. The smallest absolute Gasteiger partial charge is 0.391 e. The van der Waals surface area contributed by atoms with E-state index in [1.54, 1.807) is 0 Å². The maximum absolute atomic E-state index is 12.0. The van der Waals surface area contributed by atoms with E-state index in [2.05, 4.69) is 0 Å². The van der Waals surface area contributed by atoms with Gasteiger partial charge in [0.25, 0.3) is 0 Å². The molecule has 2 unspecified atom stereocenters. The number of aliphatic hydroxyl groups is 1. The van der Waals surface area contributed by atoms with E-state index in [0.717, 1.165) is 0 Å². The molecular formula is C9H17F3O. The SMILES string of the molecule is CC(CCO)CCC(C)C(F)(F)F. The van der Waals surface area contributed by atoms with Crippen LogP contribution in [0.5, 0.6) is 0 Å². The van der Waals surface area contributed by atoms with Crippen LogP contribution in [0.4, 0.5) is 13.2 Å². The molecule has 0 fully saturated rings. The van der Waals surface area contributed by atoms with Gasteiger partial charge in [-0.05, 0) is 18.8 Å². The summed E-state index contributed by atoms with van der Waals surface area (Å²) < 4.78 is 36.1. The minimum absolute atomic E-state index is 0.0571. The van der Waals surface area contributed by atoms with Gasteiger partial charge in [0, 0.05) is 6.61 Å². The molecule has 0 rings (SSSR count). The molecule has 0 saturated carbocycles. The predicted molar refractivity (Wildman–Crippen MR) is 45.3 cm³/mol. The van der Waals surface area contributed by atoms with Crippen molar-refractivity contribution in [3.05, 3.63) is 0 Å². The van der Waals surface area contributed by atoms with E-state index in [4.69, 9.17) is 5.11 Å². The number of alkyl halides is 3. The topological polar surface area (TPSA) is 20.2 Å². The summed E-state index contributed by atoms with van der Waals surface area (Å²) >= 11 is 0. The summed E-state index contributed by atoms with van der Waals surface area (Å²) in [5.74, 6) is -1.05. The highest BCUT2D eigenvalue weighted by Crippen LogP contribution is 2.30. The maximum Gasteiger partial charge on any atom is 0.391 e. The van der Waals surface area contributed by atoms with Crippen molar-refractivity contribution in [2.75, 3.05) is 6.61 Å². The van der Waals surface area contributed by atoms with E-state index < -0.39 is 12.1 Å². The van der Waals surface area contributed by atoms with Gasteiger partial charge in [-0.15, -0.1) is 0 Å². The first-order valence-electron chi connectivity index (χ1n) is 4.55. The van der Waals surface area contributed by atoms with Crippen molar-refractivity contribution in [1.82, 2.24) is 0 Å². The van der Waals surface area contributed by atoms with Crippen molar-refractivity contribution in [1.29, 1.82) is 0 Å². The average molecular weight is 198 g/mol. The maximum atomic E-state index is 12.0. The fourth-order valence-electron chi connectivity index (χ4n) is 1.06. The molecule has 0 aromatic heterocycles. The molecule has 0 aromatic rings. The standard InChI is InChI=1S/C9H17F3O/c1-7(5-6-13)3-4-8(2)9(10,11)12/h7-8,13H,3-6H2,1-2H3. The summed E-state index contributed by atoms with van der Waals surface area (Å²) in [6.45, 7) is 3.12. The fraction of sp³-hybridized carbons (Fsp3) is 1.00. The van der Waals surface area contributed by atoms with Crippen LogP contribution in [-0.2, 0) is 0 Å². The van der Waals surface area contributed by atoms with Gasteiger partial charge in [-0.2, -0.15) is 13.2 Å². The van der Waals surface area contributed by atoms with Crippen molar-refractivity contribution in [2.24, 2.45) is 11.8 Å². The third-order valence-electron chi connectivity index (χ3n) is 2.27. The number of halogens is 3. The van der Waals surface area contributed by atoms with Crippen LogP contribution in [-0.4, -0.2) is 17.9 Å². The van der Waals surface area contributed by atoms with Gasteiger partial charge < -0.3 is 5.11 Å². The monoisotopic (exact) mass is 198 g/mol. The molecule has 1 N–H and O–H groups in total. The number of hydrogen-bond donors (Lipinski definition) is 1. The van der Waals surface area contributed by atoms with Gasteiger partial charge in [-0.1, -0.05) is 20.3 Å². The van der Waals surface area contributed by atoms with Crippen molar-refractivity contribution in [3.63, 3.8) is 0 Å². The molecule has 0 aliphatic rings. The minimum atomic E-state index is -4.07. The summed E-state index contributed by atoms with van der Waals surface area (Å²) in [5, 5.41) is 8.54. The molecule has 13 heavy (non-hydrogen) atoms. The highest BCUT2D eigenvalue weighted by molar-refractivity contribution is 4.64. The van der Waals surface area contributed by atoms with Crippen molar-refractivity contribution >= 4 is 0 Å². The molecule has 80 valence electrons. The van der Waals surface area contributed by atoms with Crippen LogP contribution >= 0.6 is 0 Å². The second-order valence-corrected chi connectivity index (χ2v) is 3.64. The first-order chi connectivity index (χ1) is 5.88. The Morgan fingerprint density at radius 2 is 1.62 bits per heavy atom. The van der Waals surface area contributed by atoms with Crippen LogP contribution in [0.25, 0.3) is 0 Å². The minimum Gasteiger partial charge on any atom is -0.396 e. The zero-order chi connectivity index (χ0) is 10.5. The fourth-order valence-corrected chi connectivity index (χ4v) is 1.06. The third kappa shape index (κ3) is 5.91. The Morgan fingerprint density at radius 3 is 2.00 bits per heavy atom. The van der Waals surface area contributed by atoms with Gasteiger partial charge in [-0.3, -0.25) is 0 Å². The summed E-state index contributed by atoms with van der Waals surface area (Å²) in [6.07, 6.45) is -2.80. The Kier molecular flexibility index (Phi) is 5.37. The van der Waals surface area contributed by atoms with Crippen molar-refractivity contribution in [3.8, 4) is 0 Å². The molecule has 0 aliphatic heterocycles. The Morgan fingerprint density at radius 1 is 1.08 bits per heavy atom. The largest absolute Gasteiger partial charge is 0.396 e. The third-order valence-corrected chi connectivity index (χ3v) is 2.27. The van der Waals surface area contributed by atoms with Crippen LogP contribution in [0.2, 0.25) is 0 Å². The first-order valence-corrected chi connectivity index (χ1v) is 4.55. The lowest BCUT2D eigenvalue weighted by Crippen LogP contribution is -2.20. The van der Waals surface area contributed by atoms with Gasteiger partial charge in [0.05, 0.1) is 5.92 Å². The molecule has 0 aromatic carbocycles. The summed E-state index contributed by atoms with van der Waals surface area (Å²) in [5.41, 5.74) is 0. The Balaban J connectivity index is 3.63. The van der Waals surface area contributed by atoms with E-state index in [1.165, 1.54) is 6.92 Å². The molecule has 0 radical (unpaired) electrons. The first kappa shape index (κ1) is 12.8. The van der Waals surface area contributed by atoms with Crippen LogP contribution in [0.1, 0.15) is 33.1 Å². The highest BCUT2D eigenvalue weighted by atomic mass is 19.4. The molecule has 0 bridgehead atoms.